The second kappa shape index (κ2) is 9.21. The van der Waals surface area contributed by atoms with Gasteiger partial charge in [-0.05, 0) is 38.1 Å². The number of hydrogen-bond acceptors (Lipinski definition) is 4. The third-order valence-corrected chi connectivity index (χ3v) is 4.21. The summed E-state index contributed by atoms with van der Waals surface area (Å²) in [5.74, 6) is 0.792. The minimum Gasteiger partial charge on any atom is -0.478 e. The average molecular weight is 361 g/mol. The molecule has 0 aliphatic carbocycles. The van der Waals surface area contributed by atoms with Gasteiger partial charge >= 0.3 is 0 Å². The van der Waals surface area contributed by atoms with E-state index in [0.717, 1.165) is 19.5 Å². The molecule has 128 valence electrons. The molecule has 1 atom stereocenters. The van der Waals surface area contributed by atoms with Crippen LogP contribution in [-0.2, 0) is 0 Å². The molecule has 0 radical (unpaired) electrons. The van der Waals surface area contributed by atoms with Crippen molar-refractivity contribution >= 4 is 29.1 Å². The zero-order valence-corrected chi connectivity index (χ0v) is 14.7. The molecule has 0 bridgehead atoms. The van der Waals surface area contributed by atoms with Crippen molar-refractivity contribution in [2.45, 2.75) is 25.8 Å². The minimum atomic E-state index is -0.160. The maximum atomic E-state index is 12.4. The number of likely N-dealkylation sites (tertiary alicyclic amines) is 1. The second-order valence-electron chi connectivity index (χ2n) is 5.33. The van der Waals surface area contributed by atoms with E-state index in [1.807, 2.05) is 0 Å². The van der Waals surface area contributed by atoms with E-state index < -0.39 is 0 Å². The van der Waals surface area contributed by atoms with E-state index >= 15 is 0 Å². The number of hydrogen-bond donors (Lipinski definition) is 1. The van der Waals surface area contributed by atoms with Gasteiger partial charge in [-0.1, -0.05) is 30.1 Å². The van der Waals surface area contributed by atoms with Gasteiger partial charge in [-0.15, -0.1) is 0 Å². The van der Waals surface area contributed by atoms with Gasteiger partial charge in [0.2, 0.25) is 0 Å². The largest absolute Gasteiger partial charge is 0.478 e. The lowest BCUT2D eigenvalue weighted by Gasteiger charge is -2.23. The highest BCUT2D eigenvalue weighted by Gasteiger charge is 2.23. The zero-order valence-electron chi connectivity index (χ0n) is 13.2. The molecule has 5 nitrogen and oxygen atoms in total. The first-order chi connectivity index (χ1) is 11.2. The van der Waals surface area contributed by atoms with Crippen molar-refractivity contribution in [1.82, 2.24) is 10.2 Å². The Balaban J connectivity index is 2.02. The molecule has 0 saturated carbocycles. The molecular weight excluding hydrogens is 339 g/mol. The highest BCUT2D eigenvalue weighted by Crippen LogP contribution is 2.24. The van der Waals surface area contributed by atoms with E-state index in [-0.39, 0.29) is 18.0 Å². The number of likely N-dealkylation sites (N-methyl/N-ethyl adjacent to an activating group) is 1. The lowest BCUT2D eigenvalue weighted by molar-refractivity contribution is 0.0940. The lowest BCUT2D eigenvalue weighted by atomic mass is 10.1. The van der Waals surface area contributed by atoms with Gasteiger partial charge in [0.1, 0.15) is 11.5 Å². The topological polar surface area (TPSA) is 50.8 Å². The average Bonchev–Trinajstić information content (AvgIpc) is 3.00. The Morgan fingerprint density at radius 3 is 2.48 bits per heavy atom. The molecule has 1 aliphatic heterocycles. The van der Waals surface area contributed by atoms with Crippen LogP contribution in [0, 0.1) is 0 Å². The fraction of sp³-hybridized carbons (Fsp3) is 0.562. The Morgan fingerprint density at radius 1 is 1.26 bits per heavy atom. The molecular formula is C16H22Cl2N2O3. The summed E-state index contributed by atoms with van der Waals surface area (Å²) in [6.45, 7) is 4.89. The van der Waals surface area contributed by atoms with E-state index in [0.29, 0.717) is 29.6 Å². The number of amides is 1. The Morgan fingerprint density at radius 2 is 1.91 bits per heavy atom. The molecule has 1 amide bonds. The van der Waals surface area contributed by atoms with Gasteiger partial charge in [-0.2, -0.15) is 0 Å². The van der Waals surface area contributed by atoms with Crippen LogP contribution in [0.4, 0.5) is 0 Å². The van der Waals surface area contributed by atoms with Gasteiger partial charge in [0.25, 0.3) is 5.91 Å². The van der Waals surface area contributed by atoms with Crippen LogP contribution in [0.1, 0.15) is 30.1 Å². The number of rotatable bonds is 8. The molecule has 1 heterocycles. The Kier molecular flexibility index (Phi) is 7.27. The number of carbonyl (C=O) groups is 1. The number of ether oxygens (including phenoxy) is 2. The van der Waals surface area contributed by atoms with Crippen molar-refractivity contribution in [2.75, 3.05) is 31.8 Å². The van der Waals surface area contributed by atoms with Crippen molar-refractivity contribution in [3.8, 4) is 11.5 Å². The number of alkyl halides is 2. The van der Waals surface area contributed by atoms with Gasteiger partial charge in [0, 0.05) is 24.2 Å². The summed E-state index contributed by atoms with van der Waals surface area (Å²) in [7, 11) is 0. The summed E-state index contributed by atoms with van der Waals surface area (Å²) in [5.41, 5.74) is 0.466. The molecule has 0 spiro atoms. The number of nitrogens with zero attached hydrogens (tertiary/aromatic N) is 1. The van der Waals surface area contributed by atoms with E-state index in [1.165, 1.54) is 6.42 Å². The zero-order chi connectivity index (χ0) is 16.7. The first-order valence-corrected chi connectivity index (χ1v) is 8.79. The van der Waals surface area contributed by atoms with Crippen LogP contribution in [0.3, 0.4) is 0 Å². The summed E-state index contributed by atoms with van der Waals surface area (Å²) in [5, 5.41) is 2.99. The van der Waals surface area contributed by atoms with Crippen LogP contribution in [-0.4, -0.2) is 48.6 Å². The molecule has 1 aromatic rings. The normalized spacial score (nSPS) is 18.0. The summed E-state index contributed by atoms with van der Waals surface area (Å²) in [6, 6.07) is 5.34. The summed E-state index contributed by atoms with van der Waals surface area (Å²) >= 11 is 11.2. The van der Waals surface area contributed by atoms with Gasteiger partial charge in [0.15, 0.2) is 12.1 Å². The SMILES string of the molecule is CCN1CCC[C@H]1CNC(=O)c1cc(OCCl)cc(OCCl)c1. The Hall–Kier alpha value is -1.17. The monoisotopic (exact) mass is 360 g/mol. The fourth-order valence-corrected chi connectivity index (χ4v) is 3.10. The van der Waals surface area contributed by atoms with Crippen molar-refractivity contribution in [3.63, 3.8) is 0 Å². The molecule has 7 heteroatoms. The van der Waals surface area contributed by atoms with E-state index in [2.05, 4.69) is 17.1 Å². The molecule has 0 unspecified atom stereocenters. The smallest absolute Gasteiger partial charge is 0.251 e. The van der Waals surface area contributed by atoms with Crippen molar-refractivity contribution in [3.05, 3.63) is 23.8 Å². The van der Waals surface area contributed by atoms with Gasteiger partial charge in [0.05, 0.1) is 0 Å². The predicted octanol–water partition coefficient (Wildman–Crippen LogP) is 3.05. The number of nitrogens with one attached hydrogen (secondary N) is 1. The minimum absolute atomic E-state index is 0.00107. The summed E-state index contributed by atoms with van der Waals surface area (Å²) in [4.78, 5) is 14.8. The molecule has 2 rings (SSSR count). The van der Waals surface area contributed by atoms with Crippen LogP contribution in [0.5, 0.6) is 11.5 Å². The van der Waals surface area contributed by atoms with E-state index in [1.54, 1.807) is 18.2 Å². The third kappa shape index (κ3) is 5.16. The first-order valence-electron chi connectivity index (χ1n) is 7.72. The summed E-state index contributed by atoms with van der Waals surface area (Å²) < 4.78 is 10.5. The van der Waals surface area contributed by atoms with Crippen molar-refractivity contribution in [2.24, 2.45) is 0 Å². The number of carbonyl (C=O) groups excluding carboxylic acids is 1. The molecule has 1 saturated heterocycles. The third-order valence-electron chi connectivity index (χ3n) is 3.99. The number of benzene rings is 1. The predicted molar refractivity (Wildman–Crippen MR) is 91.7 cm³/mol. The van der Waals surface area contributed by atoms with Crippen LogP contribution in [0.2, 0.25) is 0 Å². The van der Waals surface area contributed by atoms with Gasteiger partial charge in [-0.25, -0.2) is 0 Å². The van der Waals surface area contributed by atoms with Crippen molar-refractivity contribution < 1.29 is 14.3 Å². The van der Waals surface area contributed by atoms with Crippen LogP contribution in [0.15, 0.2) is 18.2 Å². The summed E-state index contributed by atoms with van der Waals surface area (Å²) in [6.07, 6.45) is 2.30. The van der Waals surface area contributed by atoms with Crippen LogP contribution in [0.25, 0.3) is 0 Å². The molecule has 1 aromatic carbocycles. The highest BCUT2D eigenvalue weighted by molar-refractivity contribution is 6.17. The van der Waals surface area contributed by atoms with Crippen molar-refractivity contribution in [1.29, 1.82) is 0 Å². The Bertz CT molecular complexity index is 504. The van der Waals surface area contributed by atoms with E-state index in [4.69, 9.17) is 32.7 Å². The van der Waals surface area contributed by atoms with Gasteiger partial charge < -0.3 is 14.8 Å². The molecule has 23 heavy (non-hydrogen) atoms. The Labute approximate surface area is 146 Å². The standard InChI is InChI=1S/C16H22Cl2N2O3/c1-2-20-5-3-4-13(20)9-19-16(21)12-6-14(22-10-17)8-15(7-12)23-11-18/h6-8,13H,2-5,9-11H2,1H3,(H,19,21)/t13-/m0/s1. The number of halogens is 2. The maximum absolute atomic E-state index is 12.4. The highest BCUT2D eigenvalue weighted by atomic mass is 35.5. The quantitative estimate of drug-likeness (QED) is 0.723. The van der Waals surface area contributed by atoms with Crippen LogP contribution < -0.4 is 14.8 Å². The molecule has 1 fully saturated rings. The second-order valence-corrected chi connectivity index (χ2v) is 5.77. The maximum Gasteiger partial charge on any atom is 0.251 e. The van der Waals surface area contributed by atoms with E-state index in [9.17, 15) is 4.79 Å². The first kappa shape index (κ1) is 18.2. The van der Waals surface area contributed by atoms with Gasteiger partial charge in [-0.3, -0.25) is 9.69 Å². The van der Waals surface area contributed by atoms with Crippen LogP contribution >= 0.6 is 23.2 Å². The fourth-order valence-electron chi connectivity index (χ4n) is 2.85. The lowest BCUT2D eigenvalue weighted by Crippen LogP contribution is -2.40. The molecule has 1 N–H and O–H groups in total. The molecule has 1 aliphatic rings. The molecule has 0 aromatic heterocycles.